The predicted octanol–water partition coefficient (Wildman–Crippen LogP) is 6.05. The molecule has 2 rings (SSSR count). The molecule has 0 bridgehead atoms. The molecule has 1 heteroatoms. The Morgan fingerprint density at radius 2 is 1.50 bits per heavy atom. The van der Waals surface area contributed by atoms with E-state index in [1.807, 2.05) is 0 Å². The van der Waals surface area contributed by atoms with E-state index in [4.69, 9.17) is 0 Å². The van der Waals surface area contributed by atoms with Crippen molar-refractivity contribution in [3.05, 3.63) is 69.8 Å². The van der Waals surface area contributed by atoms with Gasteiger partial charge in [0.15, 0.2) is 0 Å². The number of rotatable bonds is 4. The molecule has 0 spiro atoms. The fraction of sp³-hybridized carbons (Fsp3) is 0.368. The Labute approximate surface area is 131 Å². The van der Waals surface area contributed by atoms with Crippen LogP contribution in [0.15, 0.2) is 36.4 Å². The van der Waals surface area contributed by atoms with Crippen LogP contribution in [0.5, 0.6) is 0 Å². The molecule has 0 aliphatic carbocycles. The average molecular weight is 331 g/mol. The fourth-order valence-electron chi connectivity index (χ4n) is 2.90. The molecule has 0 heterocycles. The SMILES string of the molecule is CCCc1ccc(C(Br)c2c(C)cc(C)cc2C)cc1. The summed E-state index contributed by atoms with van der Waals surface area (Å²) in [6, 6.07) is 13.5. The molecule has 0 saturated carbocycles. The van der Waals surface area contributed by atoms with Crippen molar-refractivity contribution in [1.82, 2.24) is 0 Å². The minimum atomic E-state index is 0.277. The second kappa shape index (κ2) is 6.58. The summed E-state index contributed by atoms with van der Waals surface area (Å²) < 4.78 is 0. The monoisotopic (exact) mass is 330 g/mol. The fourth-order valence-corrected chi connectivity index (χ4v) is 3.93. The molecule has 0 radical (unpaired) electrons. The van der Waals surface area contributed by atoms with E-state index in [0.29, 0.717) is 0 Å². The number of alkyl halides is 1. The third-order valence-electron chi connectivity index (χ3n) is 3.80. The smallest absolute Gasteiger partial charge is 0.0649 e. The van der Waals surface area contributed by atoms with Gasteiger partial charge in [-0.1, -0.05) is 71.2 Å². The van der Waals surface area contributed by atoms with E-state index < -0.39 is 0 Å². The quantitative estimate of drug-likeness (QED) is 0.598. The van der Waals surface area contributed by atoms with E-state index in [2.05, 4.69) is 80.0 Å². The molecule has 0 nitrogen and oxygen atoms in total. The molecule has 0 fully saturated rings. The van der Waals surface area contributed by atoms with Gasteiger partial charge in [-0.05, 0) is 55.0 Å². The third kappa shape index (κ3) is 3.32. The molecule has 0 aliphatic heterocycles. The normalized spacial score (nSPS) is 12.4. The Morgan fingerprint density at radius 1 is 0.950 bits per heavy atom. The van der Waals surface area contributed by atoms with Crippen LogP contribution < -0.4 is 0 Å². The molecule has 0 aromatic heterocycles. The molecule has 1 unspecified atom stereocenters. The average Bonchev–Trinajstić information content (AvgIpc) is 2.38. The predicted molar refractivity (Wildman–Crippen MR) is 91.9 cm³/mol. The molecule has 0 amide bonds. The molecule has 20 heavy (non-hydrogen) atoms. The van der Waals surface area contributed by atoms with Crippen LogP contribution in [0.3, 0.4) is 0 Å². The summed E-state index contributed by atoms with van der Waals surface area (Å²) in [5.41, 5.74) is 8.22. The third-order valence-corrected chi connectivity index (χ3v) is 4.79. The van der Waals surface area contributed by atoms with Crippen molar-refractivity contribution in [3.63, 3.8) is 0 Å². The Kier molecular flexibility index (Phi) is 5.04. The van der Waals surface area contributed by atoms with E-state index in [1.165, 1.54) is 39.8 Å². The second-order valence-electron chi connectivity index (χ2n) is 5.67. The number of halogens is 1. The zero-order chi connectivity index (χ0) is 14.7. The van der Waals surface area contributed by atoms with Gasteiger partial charge in [-0.3, -0.25) is 0 Å². The van der Waals surface area contributed by atoms with Crippen molar-refractivity contribution in [2.45, 2.75) is 45.4 Å². The maximum absolute atomic E-state index is 3.88. The largest absolute Gasteiger partial charge is 0.0786 e. The topological polar surface area (TPSA) is 0 Å². The first kappa shape index (κ1) is 15.3. The molecular weight excluding hydrogens is 308 g/mol. The van der Waals surface area contributed by atoms with Gasteiger partial charge in [0.2, 0.25) is 0 Å². The molecule has 2 aromatic carbocycles. The Hall–Kier alpha value is -1.08. The first-order chi connectivity index (χ1) is 9.52. The van der Waals surface area contributed by atoms with Crippen molar-refractivity contribution in [2.75, 3.05) is 0 Å². The number of hydrogen-bond acceptors (Lipinski definition) is 0. The maximum atomic E-state index is 3.88. The van der Waals surface area contributed by atoms with Gasteiger partial charge in [-0.25, -0.2) is 0 Å². The van der Waals surface area contributed by atoms with Gasteiger partial charge in [0.25, 0.3) is 0 Å². The summed E-state index contributed by atoms with van der Waals surface area (Å²) in [4.78, 5) is 0.277. The van der Waals surface area contributed by atoms with Gasteiger partial charge in [0, 0.05) is 0 Å². The lowest BCUT2D eigenvalue weighted by Crippen LogP contribution is -2.00. The highest BCUT2D eigenvalue weighted by Crippen LogP contribution is 2.35. The van der Waals surface area contributed by atoms with Crippen molar-refractivity contribution < 1.29 is 0 Å². The number of aryl methyl sites for hydroxylation is 4. The van der Waals surface area contributed by atoms with E-state index in [9.17, 15) is 0 Å². The van der Waals surface area contributed by atoms with E-state index >= 15 is 0 Å². The summed E-state index contributed by atoms with van der Waals surface area (Å²) >= 11 is 3.88. The van der Waals surface area contributed by atoms with E-state index in [1.54, 1.807) is 0 Å². The van der Waals surface area contributed by atoms with E-state index in [-0.39, 0.29) is 4.83 Å². The van der Waals surface area contributed by atoms with Gasteiger partial charge >= 0.3 is 0 Å². The van der Waals surface area contributed by atoms with Crippen molar-refractivity contribution in [2.24, 2.45) is 0 Å². The molecule has 0 aliphatic rings. The van der Waals surface area contributed by atoms with Crippen molar-refractivity contribution in [3.8, 4) is 0 Å². The van der Waals surface area contributed by atoms with Gasteiger partial charge < -0.3 is 0 Å². The number of benzene rings is 2. The Bertz CT molecular complexity index is 558. The standard InChI is InChI=1S/C19H23Br/c1-5-6-16-7-9-17(10-8-16)19(20)18-14(3)11-13(2)12-15(18)4/h7-12,19H,5-6H2,1-4H3. The van der Waals surface area contributed by atoms with Crippen molar-refractivity contribution in [1.29, 1.82) is 0 Å². The molecule has 1 atom stereocenters. The van der Waals surface area contributed by atoms with E-state index in [0.717, 1.165) is 6.42 Å². The molecule has 0 N–H and O–H groups in total. The van der Waals surface area contributed by atoms with Crippen LogP contribution in [0.1, 0.15) is 51.6 Å². The summed E-state index contributed by atoms with van der Waals surface area (Å²) in [5.74, 6) is 0. The highest BCUT2D eigenvalue weighted by molar-refractivity contribution is 9.09. The Morgan fingerprint density at radius 3 is 2.00 bits per heavy atom. The van der Waals surface area contributed by atoms with Crippen LogP contribution in [0, 0.1) is 20.8 Å². The summed E-state index contributed by atoms with van der Waals surface area (Å²) in [6.07, 6.45) is 2.36. The lowest BCUT2D eigenvalue weighted by Gasteiger charge is -2.18. The van der Waals surface area contributed by atoms with Gasteiger partial charge in [0.05, 0.1) is 4.83 Å². The van der Waals surface area contributed by atoms with Crippen LogP contribution in [-0.2, 0) is 6.42 Å². The van der Waals surface area contributed by atoms with Gasteiger partial charge in [-0.15, -0.1) is 0 Å². The minimum absolute atomic E-state index is 0.277. The first-order valence-electron chi connectivity index (χ1n) is 7.33. The van der Waals surface area contributed by atoms with Crippen LogP contribution in [0.4, 0.5) is 0 Å². The zero-order valence-corrected chi connectivity index (χ0v) is 14.4. The van der Waals surface area contributed by atoms with Crippen molar-refractivity contribution >= 4 is 15.9 Å². The second-order valence-corrected chi connectivity index (χ2v) is 6.58. The summed E-state index contributed by atoms with van der Waals surface area (Å²) in [7, 11) is 0. The first-order valence-corrected chi connectivity index (χ1v) is 8.25. The molecule has 106 valence electrons. The van der Waals surface area contributed by atoms with Gasteiger partial charge in [0.1, 0.15) is 0 Å². The van der Waals surface area contributed by atoms with Crippen LogP contribution >= 0.6 is 15.9 Å². The maximum Gasteiger partial charge on any atom is 0.0649 e. The highest BCUT2D eigenvalue weighted by atomic mass is 79.9. The molecule has 0 saturated heterocycles. The highest BCUT2D eigenvalue weighted by Gasteiger charge is 2.15. The lowest BCUT2D eigenvalue weighted by molar-refractivity contribution is 0.920. The molecular formula is C19H23Br. The van der Waals surface area contributed by atoms with Crippen LogP contribution in [0.25, 0.3) is 0 Å². The zero-order valence-electron chi connectivity index (χ0n) is 12.8. The summed E-state index contributed by atoms with van der Waals surface area (Å²) in [6.45, 7) is 8.79. The number of hydrogen-bond donors (Lipinski definition) is 0. The summed E-state index contributed by atoms with van der Waals surface area (Å²) in [5, 5.41) is 0. The Balaban J connectivity index is 2.33. The molecule has 2 aromatic rings. The van der Waals surface area contributed by atoms with Crippen LogP contribution in [0.2, 0.25) is 0 Å². The van der Waals surface area contributed by atoms with Gasteiger partial charge in [-0.2, -0.15) is 0 Å². The minimum Gasteiger partial charge on any atom is -0.0786 e. The van der Waals surface area contributed by atoms with Crippen LogP contribution in [-0.4, -0.2) is 0 Å². The lowest BCUT2D eigenvalue weighted by atomic mass is 9.93.